The molecule has 2 aliphatic heterocycles. The highest BCUT2D eigenvalue weighted by molar-refractivity contribution is 5.92. The van der Waals surface area contributed by atoms with Crippen LogP contribution in [-0.4, -0.2) is 69.5 Å². The summed E-state index contributed by atoms with van der Waals surface area (Å²) in [7, 11) is 0. The fourth-order valence-electron chi connectivity index (χ4n) is 4.94. The number of hydrogen-bond donors (Lipinski definition) is 3. The Balaban J connectivity index is 1.85. The van der Waals surface area contributed by atoms with Crippen molar-refractivity contribution in [1.82, 2.24) is 0 Å². The predicted octanol–water partition coefficient (Wildman–Crippen LogP) is -0.226. The first-order valence-corrected chi connectivity index (χ1v) is 9.24. The van der Waals surface area contributed by atoms with Crippen molar-refractivity contribution in [2.24, 2.45) is 11.8 Å². The molecule has 1 spiro atoms. The van der Waals surface area contributed by atoms with Crippen molar-refractivity contribution in [2.75, 3.05) is 6.61 Å². The predicted molar refractivity (Wildman–Crippen MR) is 94.7 cm³/mol. The van der Waals surface area contributed by atoms with Crippen molar-refractivity contribution in [1.29, 1.82) is 0 Å². The van der Waals surface area contributed by atoms with Gasteiger partial charge in [0.15, 0.2) is 0 Å². The highest BCUT2D eigenvalue weighted by atomic mass is 16.6. The van der Waals surface area contributed by atoms with Crippen LogP contribution in [0.4, 0.5) is 0 Å². The lowest BCUT2D eigenvalue weighted by molar-refractivity contribution is -0.162. The average Bonchev–Trinajstić information content (AvgIpc) is 3.34. The molecule has 0 aromatic rings. The number of aliphatic hydroxyl groups is 3. The van der Waals surface area contributed by atoms with Crippen LogP contribution in [0.25, 0.3) is 0 Å². The van der Waals surface area contributed by atoms with Gasteiger partial charge in [0.1, 0.15) is 29.5 Å². The van der Waals surface area contributed by atoms with Gasteiger partial charge < -0.3 is 29.5 Å². The zero-order valence-electron chi connectivity index (χ0n) is 15.9. The summed E-state index contributed by atoms with van der Waals surface area (Å²) < 4.78 is 16.6. The van der Waals surface area contributed by atoms with E-state index in [4.69, 9.17) is 14.2 Å². The van der Waals surface area contributed by atoms with Crippen molar-refractivity contribution < 1.29 is 39.1 Å². The minimum atomic E-state index is -1.78. The van der Waals surface area contributed by atoms with Crippen LogP contribution in [0.1, 0.15) is 20.8 Å². The summed E-state index contributed by atoms with van der Waals surface area (Å²) in [6.45, 7) is 8.67. The quantitative estimate of drug-likeness (QED) is 0.255. The molecular weight excluding hydrogens is 368 g/mol. The average molecular weight is 392 g/mol. The third-order valence-electron chi connectivity index (χ3n) is 6.69. The third kappa shape index (κ3) is 2.26. The van der Waals surface area contributed by atoms with Gasteiger partial charge >= 0.3 is 11.9 Å². The van der Waals surface area contributed by atoms with Crippen LogP contribution < -0.4 is 0 Å². The van der Waals surface area contributed by atoms with Gasteiger partial charge in [0.25, 0.3) is 0 Å². The molecule has 8 atom stereocenters. The van der Waals surface area contributed by atoms with Crippen molar-refractivity contribution in [3.8, 4) is 0 Å². The first-order chi connectivity index (χ1) is 13.1. The largest absolute Gasteiger partial charge is 0.455 e. The molecule has 28 heavy (non-hydrogen) atoms. The first-order valence-electron chi connectivity index (χ1n) is 9.24. The third-order valence-corrected chi connectivity index (χ3v) is 6.69. The molecule has 8 nitrogen and oxygen atoms in total. The summed E-state index contributed by atoms with van der Waals surface area (Å²) in [5.41, 5.74) is -2.38. The van der Waals surface area contributed by atoms with Gasteiger partial charge in [-0.1, -0.05) is 18.7 Å². The molecule has 0 unspecified atom stereocenters. The van der Waals surface area contributed by atoms with Gasteiger partial charge in [-0.2, -0.15) is 0 Å². The van der Waals surface area contributed by atoms with Gasteiger partial charge in [-0.15, -0.1) is 0 Å². The Morgan fingerprint density at radius 2 is 2.07 bits per heavy atom. The Morgan fingerprint density at radius 3 is 2.64 bits per heavy atom. The standard InChI is InChI=1S/C20H24O8/c1-5-8(2)17(23)27-13-12-10(4)18(24)28-16(12)20(25)9(3)6-11(21)14(20)19(7-26-19)15(13)22/h5-6,11-16,21-22,25H,4,7H2,1-3H3/b8-5+/t11-,12-,13+,14+,15+,16+,19+,20-/m1/s1. The van der Waals surface area contributed by atoms with Crippen LogP contribution >= 0.6 is 0 Å². The summed E-state index contributed by atoms with van der Waals surface area (Å²) in [6.07, 6.45) is -1.88. The smallest absolute Gasteiger partial charge is 0.334 e. The minimum absolute atomic E-state index is 0.000883. The van der Waals surface area contributed by atoms with Crippen molar-refractivity contribution in [2.45, 2.75) is 56.4 Å². The molecule has 4 aliphatic rings. The summed E-state index contributed by atoms with van der Waals surface area (Å²) in [5.74, 6) is -3.37. The van der Waals surface area contributed by atoms with E-state index in [2.05, 4.69) is 6.58 Å². The molecule has 2 saturated heterocycles. The Hall–Kier alpha value is -2.00. The highest BCUT2D eigenvalue weighted by Gasteiger charge is 2.76. The number of epoxide rings is 1. The van der Waals surface area contributed by atoms with Crippen molar-refractivity contribution in [3.05, 3.63) is 35.5 Å². The summed E-state index contributed by atoms with van der Waals surface area (Å²) in [4.78, 5) is 24.7. The van der Waals surface area contributed by atoms with E-state index in [0.717, 1.165) is 0 Å². The minimum Gasteiger partial charge on any atom is -0.455 e. The zero-order valence-corrected chi connectivity index (χ0v) is 15.9. The second-order valence-corrected chi connectivity index (χ2v) is 8.05. The van der Waals surface area contributed by atoms with Crippen LogP contribution in [0.2, 0.25) is 0 Å². The van der Waals surface area contributed by atoms with E-state index in [-0.39, 0.29) is 12.2 Å². The number of rotatable bonds is 2. The molecule has 0 aromatic heterocycles. The monoisotopic (exact) mass is 392 g/mol. The maximum Gasteiger partial charge on any atom is 0.334 e. The van der Waals surface area contributed by atoms with Crippen LogP contribution in [0.15, 0.2) is 35.5 Å². The molecule has 0 radical (unpaired) electrons. The van der Waals surface area contributed by atoms with Gasteiger partial charge in [-0.25, -0.2) is 9.59 Å². The van der Waals surface area contributed by atoms with Crippen LogP contribution in [0, 0.1) is 11.8 Å². The molecule has 3 N–H and O–H groups in total. The molecule has 3 fully saturated rings. The number of hydrogen-bond acceptors (Lipinski definition) is 8. The van der Waals surface area contributed by atoms with E-state index in [1.165, 1.54) is 6.08 Å². The second kappa shape index (κ2) is 6.00. The van der Waals surface area contributed by atoms with E-state index >= 15 is 0 Å². The molecular formula is C20H24O8. The molecule has 4 rings (SSSR count). The van der Waals surface area contributed by atoms with Crippen LogP contribution in [-0.2, 0) is 23.8 Å². The first kappa shape index (κ1) is 19.3. The molecule has 1 saturated carbocycles. The Bertz CT molecular complexity index is 822. The SMILES string of the molecule is C=C1C(=O)O[C@H]2[C@H]1[C@H](OC(=O)/C(C)=C/C)[C@H](O)[C@]1(CO1)[C@@H]1[C@H](O)C=C(C)[C@]21O. The number of esters is 2. The lowest BCUT2D eigenvalue weighted by Crippen LogP contribution is -2.57. The molecule has 0 bridgehead atoms. The number of allylic oxidation sites excluding steroid dienone is 1. The van der Waals surface area contributed by atoms with Crippen LogP contribution in [0.5, 0.6) is 0 Å². The lowest BCUT2D eigenvalue weighted by Gasteiger charge is -2.39. The molecule has 2 aliphatic carbocycles. The van der Waals surface area contributed by atoms with Gasteiger partial charge in [0.2, 0.25) is 0 Å². The number of fused-ring (bicyclic) bond motifs is 4. The Morgan fingerprint density at radius 1 is 1.43 bits per heavy atom. The lowest BCUT2D eigenvalue weighted by atomic mass is 9.73. The number of aliphatic hydroxyl groups excluding tert-OH is 2. The fraction of sp³-hybridized carbons (Fsp3) is 0.600. The zero-order chi connectivity index (χ0) is 20.6. The summed E-state index contributed by atoms with van der Waals surface area (Å²) >= 11 is 0. The van der Waals surface area contributed by atoms with E-state index in [1.807, 2.05) is 0 Å². The molecule has 2 heterocycles. The van der Waals surface area contributed by atoms with Gasteiger partial charge in [-0.3, -0.25) is 0 Å². The van der Waals surface area contributed by atoms with Gasteiger partial charge in [0, 0.05) is 11.1 Å². The summed E-state index contributed by atoms with van der Waals surface area (Å²) in [6, 6.07) is 0. The number of ether oxygens (including phenoxy) is 3. The molecule has 152 valence electrons. The molecule has 8 heteroatoms. The maximum absolute atomic E-state index is 12.4. The molecule has 0 aromatic carbocycles. The summed E-state index contributed by atoms with van der Waals surface area (Å²) in [5, 5.41) is 33.4. The highest BCUT2D eigenvalue weighted by Crippen LogP contribution is 2.59. The Labute approximate surface area is 162 Å². The fourth-order valence-corrected chi connectivity index (χ4v) is 4.94. The van der Waals surface area contributed by atoms with E-state index < -0.39 is 59.4 Å². The normalized spacial score (nSPS) is 47.2. The van der Waals surface area contributed by atoms with E-state index in [1.54, 1.807) is 26.8 Å². The van der Waals surface area contributed by atoms with E-state index in [0.29, 0.717) is 11.1 Å². The number of carbonyl (C=O) groups excluding carboxylic acids is 2. The van der Waals surface area contributed by atoms with Gasteiger partial charge in [0.05, 0.1) is 24.5 Å². The van der Waals surface area contributed by atoms with Crippen molar-refractivity contribution in [3.63, 3.8) is 0 Å². The topological polar surface area (TPSA) is 126 Å². The van der Waals surface area contributed by atoms with E-state index in [9.17, 15) is 24.9 Å². The Kier molecular flexibility index (Phi) is 4.14. The second-order valence-electron chi connectivity index (χ2n) is 8.05. The number of carbonyl (C=O) groups is 2. The van der Waals surface area contributed by atoms with Gasteiger partial charge in [-0.05, 0) is 26.3 Å². The van der Waals surface area contributed by atoms with Crippen molar-refractivity contribution >= 4 is 11.9 Å². The maximum atomic E-state index is 12.4. The van der Waals surface area contributed by atoms with Crippen LogP contribution in [0.3, 0.4) is 0 Å². The molecule has 0 amide bonds.